The molecule has 8 heteroatoms. The first-order valence-electron chi connectivity index (χ1n) is 10.8. The van der Waals surface area contributed by atoms with Gasteiger partial charge in [-0.3, -0.25) is 9.59 Å². The van der Waals surface area contributed by atoms with Crippen molar-refractivity contribution in [2.45, 2.75) is 24.9 Å². The molecular weight excluding hydrogens is 448 g/mol. The van der Waals surface area contributed by atoms with E-state index in [1.165, 1.54) is 11.8 Å². The molecule has 2 amide bonds. The van der Waals surface area contributed by atoms with Crippen molar-refractivity contribution < 1.29 is 14.0 Å². The van der Waals surface area contributed by atoms with Gasteiger partial charge < -0.3 is 15.1 Å². The number of benzene rings is 2. The van der Waals surface area contributed by atoms with E-state index in [4.69, 9.17) is 4.42 Å². The van der Waals surface area contributed by atoms with Crippen LogP contribution in [0, 0.1) is 6.92 Å². The van der Waals surface area contributed by atoms with Crippen LogP contribution < -0.4 is 10.6 Å². The molecule has 4 aromatic rings. The SMILES string of the molecule is Cc1oc(-c2ccc(NC(=O)Cc3ccccc3)cc2)nc1CNC(=O)CSc1ccccn1. The van der Waals surface area contributed by atoms with Crippen molar-refractivity contribution in [3.8, 4) is 11.5 Å². The number of amides is 2. The minimum Gasteiger partial charge on any atom is -0.441 e. The fourth-order valence-electron chi connectivity index (χ4n) is 3.20. The van der Waals surface area contributed by atoms with Crippen molar-refractivity contribution >= 4 is 29.3 Å². The van der Waals surface area contributed by atoms with E-state index in [9.17, 15) is 9.59 Å². The topological polar surface area (TPSA) is 97.1 Å². The van der Waals surface area contributed by atoms with Crippen LogP contribution in [0.5, 0.6) is 0 Å². The van der Waals surface area contributed by atoms with Crippen molar-refractivity contribution in [2.24, 2.45) is 0 Å². The van der Waals surface area contributed by atoms with Gasteiger partial charge in [0.25, 0.3) is 0 Å². The molecule has 0 saturated carbocycles. The predicted octanol–water partition coefficient (Wildman–Crippen LogP) is 4.63. The highest BCUT2D eigenvalue weighted by Crippen LogP contribution is 2.23. The molecule has 0 unspecified atom stereocenters. The fraction of sp³-hybridized carbons (Fsp3) is 0.154. The summed E-state index contributed by atoms with van der Waals surface area (Å²) in [6, 6.07) is 22.5. The number of anilines is 1. The number of carbonyl (C=O) groups excluding carboxylic acids is 2. The van der Waals surface area contributed by atoms with E-state index in [1.807, 2.05) is 79.7 Å². The second-order valence-corrected chi connectivity index (χ2v) is 8.54. The largest absolute Gasteiger partial charge is 0.441 e. The lowest BCUT2D eigenvalue weighted by atomic mass is 10.1. The highest BCUT2D eigenvalue weighted by molar-refractivity contribution is 7.99. The van der Waals surface area contributed by atoms with Gasteiger partial charge in [0.05, 0.1) is 23.7 Å². The Morgan fingerprint density at radius 3 is 2.44 bits per heavy atom. The van der Waals surface area contributed by atoms with Gasteiger partial charge in [-0.25, -0.2) is 9.97 Å². The van der Waals surface area contributed by atoms with Crippen molar-refractivity contribution in [1.82, 2.24) is 15.3 Å². The molecule has 0 spiro atoms. The lowest BCUT2D eigenvalue weighted by molar-refractivity contribution is -0.118. The van der Waals surface area contributed by atoms with E-state index < -0.39 is 0 Å². The maximum absolute atomic E-state index is 12.3. The molecule has 172 valence electrons. The maximum atomic E-state index is 12.3. The second kappa shape index (κ2) is 11.3. The number of oxazole rings is 1. The first-order chi connectivity index (χ1) is 16.6. The van der Waals surface area contributed by atoms with E-state index in [0.717, 1.165) is 16.2 Å². The normalized spacial score (nSPS) is 10.6. The zero-order chi connectivity index (χ0) is 23.8. The lowest BCUT2D eigenvalue weighted by Crippen LogP contribution is -2.25. The van der Waals surface area contributed by atoms with E-state index in [1.54, 1.807) is 6.20 Å². The lowest BCUT2D eigenvalue weighted by Gasteiger charge is -2.06. The van der Waals surface area contributed by atoms with Crippen LogP contribution >= 0.6 is 11.8 Å². The van der Waals surface area contributed by atoms with E-state index in [2.05, 4.69) is 20.6 Å². The minimum absolute atomic E-state index is 0.0786. The van der Waals surface area contributed by atoms with Crippen LogP contribution in [0.1, 0.15) is 17.0 Å². The van der Waals surface area contributed by atoms with Gasteiger partial charge in [-0.05, 0) is 48.9 Å². The molecule has 7 nitrogen and oxygen atoms in total. The van der Waals surface area contributed by atoms with Gasteiger partial charge in [-0.2, -0.15) is 0 Å². The molecule has 0 aliphatic heterocycles. The molecule has 0 atom stereocenters. The number of pyridine rings is 1. The maximum Gasteiger partial charge on any atom is 0.230 e. The fourth-order valence-corrected chi connectivity index (χ4v) is 3.89. The van der Waals surface area contributed by atoms with Gasteiger partial charge in [-0.1, -0.05) is 48.2 Å². The third-order valence-electron chi connectivity index (χ3n) is 4.96. The summed E-state index contributed by atoms with van der Waals surface area (Å²) >= 11 is 1.38. The summed E-state index contributed by atoms with van der Waals surface area (Å²) < 4.78 is 5.80. The Hall–Kier alpha value is -3.91. The van der Waals surface area contributed by atoms with Crippen molar-refractivity contribution in [1.29, 1.82) is 0 Å². The van der Waals surface area contributed by atoms with Crippen molar-refractivity contribution in [3.05, 3.63) is 96.0 Å². The van der Waals surface area contributed by atoms with Crippen LogP contribution in [0.15, 0.2) is 88.4 Å². The highest BCUT2D eigenvalue weighted by atomic mass is 32.2. The summed E-state index contributed by atoms with van der Waals surface area (Å²) in [5.41, 5.74) is 3.12. The molecule has 2 N–H and O–H groups in total. The number of aromatic nitrogens is 2. The number of aryl methyl sites for hydroxylation is 1. The zero-order valence-corrected chi connectivity index (χ0v) is 19.5. The number of nitrogens with zero attached hydrogens (tertiary/aromatic N) is 2. The van der Waals surface area contributed by atoms with Crippen LogP contribution in [0.3, 0.4) is 0 Å². The monoisotopic (exact) mass is 472 g/mol. The van der Waals surface area contributed by atoms with E-state index in [-0.39, 0.29) is 24.1 Å². The van der Waals surface area contributed by atoms with Gasteiger partial charge in [0.15, 0.2) is 0 Å². The first kappa shape index (κ1) is 23.3. The van der Waals surface area contributed by atoms with Gasteiger partial charge in [0.2, 0.25) is 17.7 Å². The Bertz CT molecular complexity index is 1240. The molecule has 0 radical (unpaired) electrons. The molecule has 2 aromatic heterocycles. The molecule has 0 fully saturated rings. The quantitative estimate of drug-likeness (QED) is 0.345. The Morgan fingerprint density at radius 1 is 0.941 bits per heavy atom. The molecule has 2 heterocycles. The minimum atomic E-state index is -0.102. The number of hydrogen-bond donors (Lipinski definition) is 2. The molecule has 2 aromatic carbocycles. The Kier molecular flexibility index (Phi) is 7.72. The third-order valence-corrected chi connectivity index (χ3v) is 5.90. The number of rotatable bonds is 9. The first-order valence-corrected chi connectivity index (χ1v) is 11.8. The highest BCUT2D eigenvalue weighted by Gasteiger charge is 2.13. The average molecular weight is 473 g/mol. The molecule has 34 heavy (non-hydrogen) atoms. The van der Waals surface area contributed by atoms with Crippen LogP contribution in [-0.4, -0.2) is 27.5 Å². The van der Waals surface area contributed by atoms with Crippen LogP contribution in [0.25, 0.3) is 11.5 Å². The van der Waals surface area contributed by atoms with Gasteiger partial charge in [0.1, 0.15) is 11.5 Å². The summed E-state index contributed by atoms with van der Waals surface area (Å²) in [6.45, 7) is 2.10. The second-order valence-electron chi connectivity index (χ2n) is 7.54. The van der Waals surface area contributed by atoms with Gasteiger partial charge in [0, 0.05) is 17.4 Å². The summed E-state index contributed by atoms with van der Waals surface area (Å²) in [5.74, 6) is 1.21. The molecule has 0 aliphatic rings. The van der Waals surface area contributed by atoms with Crippen molar-refractivity contribution in [3.63, 3.8) is 0 Å². The smallest absolute Gasteiger partial charge is 0.230 e. The zero-order valence-electron chi connectivity index (χ0n) is 18.7. The summed E-state index contributed by atoms with van der Waals surface area (Å²) in [5, 5.41) is 6.57. The summed E-state index contributed by atoms with van der Waals surface area (Å²) in [4.78, 5) is 33.1. The Balaban J connectivity index is 1.29. The number of carbonyl (C=O) groups is 2. The standard InChI is InChI=1S/C26H24N4O3S/c1-18-22(16-28-24(32)17-34-25-9-5-6-14-27-25)30-26(33-18)20-10-12-21(13-11-20)29-23(31)15-19-7-3-2-4-8-19/h2-14H,15-17H2,1H3,(H,28,32)(H,29,31). The molecule has 0 aliphatic carbocycles. The average Bonchev–Trinajstić information content (AvgIpc) is 3.23. The van der Waals surface area contributed by atoms with Crippen LogP contribution in [-0.2, 0) is 22.6 Å². The number of hydrogen-bond acceptors (Lipinski definition) is 6. The molecule has 0 saturated heterocycles. The predicted molar refractivity (Wildman–Crippen MR) is 132 cm³/mol. The Morgan fingerprint density at radius 2 is 1.71 bits per heavy atom. The third kappa shape index (κ3) is 6.55. The number of thioether (sulfide) groups is 1. The van der Waals surface area contributed by atoms with Crippen LogP contribution in [0.4, 0.5) is 5.69 Å². The van der Waals surface area contributed by atoms with Gasteiger partial charge >= 0.3 is 0 Å². The van der Waals surface area contributed by atoms with Gasteiger partial charge in [-0.15, -0.1) is 0 Å². The summed E-state index contributed by atoms with van der Waals surface area (Å²) in [7, 11) is 0. The molecule has 0 bridgehead atoms. The van der Waals surface area contributed by atoms with Crippen LogP contribution in [0.2, 0.25) is 0 Å². The molecular formula is C26H24N4O3S. The van der Waals surface area contributed by atoms with E-state index >= 15 is 0 Å². The van der Waals surface area contributed by atoms with E-state index in [0.29, 0.717) is 29.5 Å². The molecule has 4 rings (SSSR count). The summed E-state index contributed by atoms with van der Waals surface area (Å²) in [6.07, 6.45) is 2.02. The Labute approximate surface area is 202 Å². The number of nitrogens with one attached hydrogen (secondary N) is 2. The van der Waals surface area contributed by atoms with Crippen molar-refractivity contribution in [2.75, 3.05) is 11.1 Å².